The summed E-state index contributed by atoms with van der Waals surface area (Å²) in [7, 11) is 0. The van der Waals surface area contributed by atoms with E-state index in [9.17, 15) is 13.2 Å². The fourth-order valence-corrected chi connectivity index (χ4v) is 4.28. The number of anilines is 1. The summed E-state index contributed by atoms with van der Waals surface area (Å²) in [4.78, 5) is 14.4. The number of hydrogen-bond donors (Lipinski definition) is 0. The molecule has 5 rings (SSSR count). The molecular weight excluding hydrogens is 453 g/mol. The second-order valence-corrected chi connectivity index (χ2v) is 8.65. The maximum absolute atomic E-state index is 14.9. The smallest absolute Gasteiger partial charge is 0.178 e. The Bertz CT molecular complexity index is 1380. The number of halogens is 3. The molecule has 0 radical (unpaired) electrons. The third-order valence-corrected chi connectivity index (χ3v) is 5.99. The van der Waals surface area contributed by atoms with E-state index in [-0.39, 0.29) is 35.3 Å². The molecule has 0 fully saturated rings. The number of pyridine rings is 1. The summed E-state index contributed by atoms with van der Waals surface area (Å²) in [6.07, 6.45) is 4.46. The van der Waals surface area contributed by atoms with Crippen molar-refractivity contribution in [1.29, 1.82) is 0 Å². The first kappa shape index (κ1) is 22.8. The van der Waals surface area contributed by atoms with Crippen molar-refractivity contribution < 1.29 is 17.9 Å². The van der Waals surface area contributed by atoms with Crippen molar-refractivity contribution in [3.8, 4) is 28.1 Å². The highest BCUT2D eigenvalue weighted by atomic mass is 19.1. The van der Waals surface area contributed by atoms with E-state index >= 15 is 0 Å². The Morgan fingerprint density at radius 2 is 1.74 bits per heavy atom. The zero-order valence-electron chi connectivity index (χ0n) is 19.3. The molecule has 35 heavy (non-hydrogen) atoms. The van der Waals surface area contributed by atoms with Crippen LogP contribution in [0.5, 0.6) is 5.75 Å². The van der Waals surface area contributed by atoms with Gasteiger partial charge >= 0.3 is 0 Å². The van der Waals surface area contributed by atoms with Crippen molar-refractivity contribution in [2.75, 3.05) is 18.1 Å². The zero-order chi connectivity index (χ0) is 24.5. The van der Waals surface area contributed by atoms with Gasteiger partial charge in [0, 0.05) is 36.0 Å². The average Bonchev–Trinajstić information content (AvgIpc) is 2.85. The van der Waals surface area contributed by atoms with Gasteiger partial charge in [0.15, 0.2) is 17.4 Å². The summed E-state index contributed by atoms with van der Waals surface area (Å²) in [5.74, 6) is -1.17. The SMILES string of the molecule is CC(C)N1CCOc2c(F)cc(-c3nc(Cc4ccc(-c5ccncc5)c(F)c4)ncc3F)cc21. The summed E-state index contributed by atoms with van der Waals surface area (Å²) >= 11 is 0. The topological polar surface area (TPSA) is 51.1 Å². The molecule has 0 atom stereocenters. The van der Waals surface area contributed by atoms with Gasteiger partial charge in [-0.3, -0.25) is 4.98 Å². The lowest BCUT2D eigenvalue weighted by Crippen LogP contribution is -2.38. The first-order chi connectivity index (χ1) is 16.9. The quantitative estimate of drug-likeness (QED) is 0.363. The zero-order valence-corrected chi connectivity index (χ0v) is 19.3. The van der Waals surface area contributed by atoms with Crippen LogP contribution in [0.25, 0.3) is 22.4 Å². The fraction of sp³-hybridized carbons (Fsp3) is 0.222. The van der Waals surface area contributed by atoms with Gasteiger partial charge in [0.2, 0.25) is 0 Å². The summed E-state index contributed by atoms with van der Waals surface area (Å²) in [5, 5.41) is 0. The lowest BCUT2D eigenvalue weighted by molar-refractivity contribution is 0.287. The van der Waals surface area contributed by atoms with Crippen LogP contribution in [0.2, 0.25) is 0 Å². The first-order valence-corrected chi connectivity index (χ1v) is 11.3. The lowest BCUT2D eigenvalue weighted by atomic mass is 10.0. The third kappa shape index (κ3) is 4.56. The van der Waals surface area contributed by atoms with Crippen LogP contribution >= 0.6 is 0 Å². The molecule has 0 saturated heterocycles. The molecule has 8 heteroatoms. The molecule has 178 valence electrons. The normalized spacial score (nSPS) is 13.0. The predicted molar refractivity (Wildman–Crippen MR) is 128 cm³/mol. The molecule has 5 nitrogen and oxygen atoms in total. The van der Waals surface area contributed by atoms with E-state index in [1.165, 1.54) is 12.1 Å². The summed E-state index contributed by atoms with van der Waals surface area (Å²) in [5.41, 5.74) is 2.65. The number of hydrogen-bond acceptors (Lipinski definition) is 5. The van der Waals surface area contributed by atoms with Crippen molar-refractivity contribution >= 4 is 5.69 Å². The number of rotatable bonds is 5. The number of benzene rings is 2. The van der Waals surface area contributed by atoms with E-state index in [0.717, 1.165) is 11.8 Å². The van der Waals surface area contributed by atoms with Gasteiger partial charge in [0.05, 0.1) is 18.4 Å². The van der Waals surface area contributed by atoms with Gasteiger partial charge in [-0.15, -0.1) is 0 Å². The minimum absolute atomic E-state index is 0.0140. The Balaban J connectivity index is 1.47. The molecule has 2 aromatic carbocycles. The van der Waals surface area contributed by atoms with Crippen LogP contribution in [0.15, 0.2) is 61.1 Å². The second kappa shape index (κ2) is 9.37. The maximum Gasteiger partial charge on any atom is 0.178 e. The van der Waals surface area contributed by atoms with Crippen LogP contribution in [-0.2, 0) is 6.42 Å². The van der Waals surface area contributed by atoms with Crippen LogP contribution in [0.1, 0.15) is 25.2 Å². The lowest BCUT2D eigenvalue weighted by Gasteiger charge is -2.34. The van der Waals surface area contributed by atoms with Crippen LogP contribution in [0, 0.1) is 17.5 Å². The molecule has 0 N–H and O–H groups in total. The van der Waals surface area contributed by atoms with Gasteiger partial charge < -0.3 is 9.64 Å². The Hall–Kier alpha value is -3.94. The Morgan fingerprint density at radius 3 is 2.49 bits per heavy atom. The van der Waals surface area contributed by atoms with Gasteiger partial charge in [-0.05, 0) is 55.3 Å². The summed E-state index contributed by atoms with van der Waals surface area (Å²) < 4.78 is 50.0. The van der Waals surface area contributed by atoms with Crippen LogP contribution in [0.4, 0.5) is 18.9 Å². The molecule has 0 amide bonds. The number of nitrogens with zero attached hydrogens (tertiary/aromatic N) is 4. The van der Waals surface area contributed by atoms with E-state index < -0.39 is 11.6 Å². The van der Waals surface area contributed by atoms with Crippen molar-refractivity contribution in [2.24, 2.45) is 0 Å². The first-order valence-electron chi connectivity index (χ1n) is 11.3. The van der Waals surface area contributed by atoms with Gasteiger partial charge in [-0.25, -0.2) is 23.1 Å². The van der Waals surface area contributed by atoms with Crippen molar-refractivity contribution in [1.82, 2.24) is 15.0 Å². The van der Waals surface area contributed by atoms with E-state index in [0.29, 0.717) is 35.8 Å². The molecule has 3 heterocycles. The Labute approximate surface area is 201 Å². The second-order valence-electron chi connectivity index (χ2n) is 8.65. The number of fused-ring (bicyclic) bond motifs is 1. The highest BCUT2D eigenvalue weighted by Gasteiger charge is 2.25. The highest BCUT2D eigenvalue weighted by Crippen LogP contribution is 2.39. The number of aromatic nitrogens is 3. The Morgan fingerprint density at radius 1 is 0.943 bits per heavy atom. The molecule has 0 bridgehead atoms. The third-order valence-electron chi connectivity index (χ3n) is 5.99. The predicted octanol–water partition coefficient (Wildman–Crippen LogP) is 5.82. The van der Waals surface area contributed by atoms with E-state index in [1.807, 2.05) is 18.7 Å². The number of ether oxygens (including phenoxy) is 1. The van der Waals surface area contributed by atoms with E-state index in [2.05, 4.69) is 15.0 Å². The fourth-order valence-electron chi connectivity index (χ4n) is 4.28. The van der Waals surface area contributed by atoms with E-state index in [1.54, 1.807) is 42.7 Å². The Kier molecular flexibility index (Phi) is 6.11. The highest BCUT2D eigenvalue weighted by molar-refractivity contribution is 5.72. The monoisotopic (exact) mass is 476 g/mol. The average molecular weight is 477 g/mol. The van der Waals surface area contributed by atoms with Crippen molar-refractivity contribution in [3.63, 3.8) is 0 Å². The molecular formula is C27H23F3N4O. The molecule has 4 aromatic rings. The van der Waals surface area contributed by atoms with Crippen molar-refractivity contribution in [3.05, 3.63) is 89.9 Å². The minimum atomic E-state index is -0.667. The molecule has 1 aliphatic rings. The molecule has 0 aliphatic carbocycles. The van der Waals surface area contributed by atoms with Crippen LogP contribution in [0.3, 0.4) is 0 Å². The van der Waals surface area contributed by atoms with Gasteiger partial charge in [-0.2, -0.15) is 0 Å². The molecule has 2 aromatic heterocycles. The maximum atomic E-state index is 14.9. The largest absolute Gasteiger partial charge is 0.486 e. The molecule has 0 unspecified atom stereocenters. The van der Waals surface area contributed by atoms with Crippen LogP contribution < -0.4 is 9.64 Å². The molecule has 1 aliphatic heterocycles. The van der Waals surface area contributed by atoms with Gasteiger partial charge in [0.1, 0.15) is 23.9 Å². The summed E-state index contributed by atoms with van der Waals surface area (Å²) in [6.45, 7) is 4.99. The van der Waals surface area contributed by atoms with Gasteiger partial charge in [0.25, 0.3) is 0 Å². The minimum Gasteiger partial charge on any atom is -0.486 e. The van der Waals surface area contributed by atoms with E-state index in [4.69, 9.17) is 4.74 Å². The van der Waals surface area contributed by atoms with Gasteiger partial charge in [-0.1, -0.05) is 12.1 Å². The summed E-state index contributed by atoms with van der Waals surface area (Å²) in [6, 6.07) is 11.4. The van der Waals surface area contributed by atoms with Crippen molar-refractivity contribution in [2.45, 2.75) is 26.3 Å². The molecule has 0 spiro atoms. The molecule has 0 saturated carbocycles. The van der Waals surface area contributed by atoms with Crippen LogP contribution in [-0.4, -0.2) is 34.1 Å². The standard InChI is InChI=1S/C27H23F3N4O/c1-16(2)34-9-10-35-27-22(29)13-19(14-24(27)34)26-23(30)15-32-25(33-26)12-17-3-4-20(21(28)11-17)18-5-7-31-8-6-18/h3-8,11,13-16H,9-10,12H2,1-2H3.